The van der Waals surface area contributed by atoms with E-state index in [4.69, 9.17) is 0 Å². The molecule has 154 valence electrons. The van der Waals surface area contributed by atoms with Crippen LogP contribution in [-0.2, 0) is 4.79 Å². The summed E-state index contributed by atoms with van der Waals surface area (Å²) in [5.74, 6) is -0.649. The van der Waals surface area contributed by atoms with Gasteiger partial charge in [0.1, 0.15) is 0 Å². The second-order valence-electron chi connectivity index (χ2n) is 8.01. The topological polar surface area (TPSA) is 58.2 Å². The zero-order valence-corrected chi connectivity index (χ0v) is 17.7. The van der Waals surface area contributed by atoms with Gasteiger partial charge in [0.05, 0.1) is 5.92 Å². The molecule has 0 heterocycles. The Kier molecular flexibility index (Phi) is 6.68. The Balaban J connectivity index is 1.77. The molecule has 0 aliphatic carbocycles. The molecule has 3 rings (SSSR count). The van der Waals surface area contributed by atoms with Crippen molar-refractivity contribution in [3.05, 3.63) is 102 Å². The molecule has 0 bridgehead atoms. The van der Waals surface area contributed by atoms with Crippen LogP contribution in [0.2, 0.25) is 0 Å². The highest BCUT2D eigenvalue weighted by Gasteiger charge is 2.23. The summed E-state index contributed by atoms with van der Waals surface area (Å²) in [6.45, 7) is 6.02. The first-order chi connectivity index (χ1) is 14.4. The van der Waals surface area contributed by atoms with Gasteiger partial charge in [-0.05, 0) is 55.7 Å². The third-order valence-electron chi connectivity index (χ3n) is 5.28. The van der Waals surface area contributed by atoms with E-state index in [9.17, 15) is 9.59 Å². The van der Waals surface area contributed by atoms with Crippen molar-refractivity contribution in [2.24, 2.45) is 0 Å². The van der Waals surface area contributed by atoms with E-state index in [0.717, 1.165) is 17.5 Å². The molecular formula is C26H28N2O2. The minimum absolute atomic E-state index is 0.114. The Morgan fingerprint density at radius 3 is 1.77 bits per heavy atom. The lowest BCUT2D eigenvalue weighted by Gasteiger charge is -2.24. The van der Waals surface area contributed by atoms with E-state index in [0.29, 0.717) is 11.3 Å². The number of carbonyl (C=O) groups is 2. The van der Waals surface area contributed by atoms with Crippen LogP contribution in [0.1, 0.15) is 54.6 Å². The molecule has 0 radical (unpaired) electrons. The predicted octanol–water partition coefficient (Wildman–Crippen LogP) is 5.38. The maximum Gasteiger partial charge on any atom is 0.251 e. The number of anilines is 1. The molecule has 2 amide bonds. The summed E-state index contributed by atoms with van der Waals surface area (Å²) in [6, 6.07) is 26.4. The number of nitrogens with one attached hydrogen (secondary N) is 2. The van der Waals surface area contributed by atoms with Crippen LogP contribution in [0.5, 0.6) is 0 Å². The highest BCUT2D eigenvalue weighted by atomic mass is 16.2. The van der Waals surface area contributed by atoms with Crippen LogP contribution in [0.4, 0.5) is 5.69 Å². The Labute approximate surface area is 178 Å². The molecule has 0 aromatic heterocycles. The lowest BCUT2D eigenvalue weighted by Crippen LogP contribution is -2.42. The van der Waals surface area contributed by atoms with Crippen LogP contribution < -0.4 is 10.6 Å². The van der Waals surface area contributed by atoms with Crippen LogP contribution >= 0.6 is 0 Å². The fourth-order valence-corrected chi connectivity index (χ4v) is 3.17. The average molecular weight is 401 g/mol. The Hall–Kier alpha value is -3.40. The molecule has 0 saturated carbocycles. The largest absolute Gasteiger partial charge is 0.347 e. The lowest BCUT2D eigenvalue weighted by atomic mass is 9.90. The van der Waals surface area contributed by atoms with Crippen molar-refractivity contribution in [1.29, 1.82) is 0 Å². The summed E-state index contributed by atoms with van der Waals surface area (Å²) in [7, 11) is 0. The first-order valence-corrected chi connectivity index (χ1v) is 10.2. The highest BCUT2D eigenvalue weighted by Crippen LogP contribution is 2.26. The van der Waals surface area contributed by atoms with E-state index in [2.05, 4.69) is 10.6 Å². The van der Waals surface area contributed by atoms with Gasteiger partial charge in [0.15, 0.2) is 0 Å². The molecule has 0 aliphatic heterocycles. The van der Waals surface area contributed by atoms with E-state index in [1.807, 2.05) is 81.4 Å². The van der Waals surface area contributed by atoms with Gasteiger partial charge in [-0.15, -0.1) is 0 Å². The van der Waals surface area contributed by atoms with Gasteiger partial charge in [-0.1, -0.05) is 67.6 Å². The fourth-order valence-electron chi connectivity index (χ4n) is 3.17. The van der Waals surface area contributed by atoms with E-state index in [-0.39, 0.29) is 17.4 Å². The predicted molar refractivity (Wildman–Crippen MR) is 122 cm³/mol. The normalized spacial score (nSPS) is 11.2. The van der Waals surface area contributed by atoms with Crippen molar-refractivity contribution in [3.63, 3.8) is 0 Å². The third-order valence-corrected chi connectivity index (χ3v) is 5.28. The Morgan fingerprint density at radius 1 is 0.800 bits per heavy atom. The second kappa shape index (κ2) is 9.40. The SMILES string of the molecule is CCC(C)(C)NC(=O)c1ccc(NC(=O)C(c2ccccc2)c2ccccc2)cc1. The smallest absolute Gasteiger partial charge is 0.251 e. The van der Waals surface area contributed by atoms with Crippen molar-refractivity contribution in [2.45, 2.75) is 38.6 Å². The van der Waals surface area contributed by atoms with E-state index in [1.54, 1.807) is 24.3 Å². The molecule has 0 spiro atoms. The zero-order chi connectivity index (χ0) is 21.6. The molecule has 0 atom stereocenters. The lowest BCUT2D eigenvalue weighted by molar-refractivity contribution is -0.116. The minimum atomic E-state index is -0.416. The molecule has 2 N–H and O–H groups in total. The molecule has 0 fully saturated rings. The van der Waals surface area contributed by atoms with Crippen LogP contribution in [0.3, 0.4) is 0 Å². The number of hydrogen-bond donors (Lipinski definition) is 2. The molecule has 4 nitrogen and oxygen atoms in total. The van der Waals surface area contributed by atoms with Gasteiger partial charge in [0, 0.05) is 16.8 Å². The molecule has 0 unspecified atom stereocenters. The second-order valence-corrected chi connectivity index (χ2v) is 8.01. The van der Waals surface area contributed by atoms with Crippen molar-refractivity contribution in [1.82, 2.24) is 5.32 Å². The number of carbonyl (C=O) groups excluding carboxylic acids is 2. The summed E-state index contributed by atoms with van der Waals surface area (Å²) in [5, 5.41) is 6.01. The maximum absolute atomic E-state index is 13.2. The number of rotatable bonds is 7. The van der Waals surface area contributed by atoms with Crippen molar-refractivity contribution < 1.29 is 9.59 Å². The van der Waals surface area contributed by atoms with Crippen LogP contribution in [0.15, 0.2) is 84.9 Å². The number of benzene rings is 3. The van der Waals surface area contributed by atoms with Gasteiger partial charge in [0.2, 0.25) is 5.91 Å². The third kappa shape index (κ3) is 5.35. The van der Waals surface area contributed by atoms with Crippen LogP contribution in [0, 0.1) is 0 Å². The Morgan fingerprint density at radius 2 is 1.30 bits per heavy atom. The number of hydrogen-bond acceptors (Lipinski definition) is 2. The fraction of sp³-hybridized carbons (Fsp3) is 0.231. The van der Waals surface area contributed by atoms with Crippen molar-refractivity contribution >= 4 is 17.5 Å². The van der Waals surface area contributed by atoms with Gasteiger partial charge in [0.25, 0.3) is 5.91 Å². The van der Waals surface area contributed by atoms with Gasteiger partial charge in [-0.25, -0.2) is 0 Å². The summed E-state index contributed by atoms with van der Waals surface area (Å²) >= 11 is 0. The maximum atomic E-state index is 13.2. The van der Waals surface area contributed by atoms with Gasteiger partial charge >= 0.3 is 0 Å². The average Bonchev–Trinajstić information content (AvgIpc) is 2.75. The molecule has 0 aliphatic rings. The molecule has 30 heavy (non-hydrogen) atoms. The van der Waals surface area contributed by atoms with Crippen molar-refractivity contribution in [3.8, 4) is 0 Å². The summed E-state index contributed by atoms with van der Waals surface area (Å²) in [6.07, 6.45) is 0.841. The standard InChI is InChI=1S/C26H28N2O2/c1-4-26(2,3)28-24(29)21-15-17-22(18-16-21)27-25(30)23(19-11-7-5-8-12-19)20-13-9-6-10-14-20/h5-18,23H,4H2,1-3H3,(H,27,30)(H,28,29). The number of amides is 2. The van der Waals surface area contributed by atoms with Gasteiger partial charge < -0.3 is 10.6 Å². The Bertz CT molecular complexity index is 941. The molecule has 3 aromatic rings. The molecule has 3 aromatic carbocycles. The van der Waals surface area contributed by atoms with Gasteiger partial charge in [-0.2, -0.15) is 0 Å². The monoisotopic (exact) mass is 400 g/mol. The van der Waals surface area contributed by atoms with Gasteiger partial charge in [-0.3, -0.25) is 9.59 Å². The van der Waals surface area contributed by atoms with E-state index < -0.39 is 5.92 Å². The molecular weight excluding hydrogens is 372 g/mol. The molecule has 0 saturated heterocycles. The minimum Gasteiger partial charge on any atom is -0.347 e. The van der Waals surface area contributed by atoms with Crippen LogP contribution in [-0.4, -0.2) is 17.4 Å². The van der Waals surface area contributed by atoms with E-state index in [1.165, 1.54) is 0 Å². The quantitative estimate of drug-likeness (QED) is 0.560. The first kappa shape index (κ1) is 21.3. The summed E-state index contributed by atoms with van der Waals surface area (Å²) in [5.41, 5.74) is 2.82. The van der Waals surface area contributed by atoms with E-state index >= 15 is 0 Å². The van der Waals surface area contributed by atoms with Crippen LogP contribution in [0.25, 0.3) is 0 Å². The highest BCUT2D eigenvalue weighted by molar-refractivity contribution is 5.99. The summed E-state index contributed by atoms with van der Waals surface area (Å²) < 4.78 is 0. The zero-order valence-electron chi connectivity index (χ0n) is 17.7. The first-order valence-electron chi connectivity index (χ1n) is 10.2. The summed E-state index contributed by atoms with van der Waals surface area (Å²) in [4.78, 5) is 25.6. The molecule has 4 heteroatoms. The van der Waals surface area contributed by atoms with Crippen molar-refractivity contribution in [2.75, 3.05) is 5.32 Å².